The van der Waals surface area contributed by atoms with Gasteiger partial charge in [0.2, 0.25) is 0 Å². The van der Waals surface area contributed by atoms with Gasteiger partial charge in [0.1, 0.15) is 0 Å². The van der Waals surface area contributed by atoms with Gasteiger partial charge >= 0.3 is 6.18 Å². The third-order valence-electron chi connectivity index (χ3n) is 3.23. The van der Waals surface area contributed by atoms with Gasteiger partial charge in [-0.25, -0.2) is 4.99 Å². The van der Waals surface area contributed by atoms with Crippen molar-refractivity contribution in [2.75, 3.05) is 11.6 Å². The summed E-state index contributed by atoms with van der Waals surface area (Å²) in [5.41, 5.74) is 0.587. The SMILES string of the molecule is FC(F)(F)c1cccc(N2CCC(/N=C/c3ccc[nH]3)=N2)c1. The predicted octanol–water partition coefficient (Wildman–Crippen LogP) is 3.68. The molecule has 0 saturated heterocycles. The topological polar surface area (TPSA) is 43.8 Å². The highest BCUT2D eigenvalue weighted by Gasteiger charge is 2.31. The number of aromatic amines is 1. The average Bonchev–Trinajstić information content (AvgIpc) is 3.16. The fourth-order valence-electron chi connectivity index (χ4n) is 2.13. The molecule has 1 N–H and O–H groups in total. The van der Waals surface area contributed by atoms with E-state index >= 15 is 0 Å². The zero-order chi connectivity index (χ0) is 15.6. The predicted molar refractivity (Wildman–Crippen MR) is 79.2 cm³/mol. The molecule has 0 fully saturated rings. The Balaban J connectivity index is 1.77. The molecule has 4 nitrogen and oxygen atoms in total. The van der Waals surface area contributed by atoms with Gasteiger partial charge in [-0.2, -0.15) is 18.3 Å². The second-order valence-corrected chi connectivity index (χ2v) is 4.82. The first kappa shape index (κ1) is 14.4. The van der Waals surface area contributed by atoms with Crippen molar-refractivity contribution in [2.45, 2.75) is 12.6 Å². The van der Waals surface area contributed by atoms with E-state index in [1.165, 1.54) is 11.1 Å². The van der Waals surface area contributed by atoms with Gasteiger partial charge in [-0.3, -0.25) is 5.01 Å². The summed E-state index contributed by atoms with van der Waals surface area (Å²) in [4.78, 5) is 7.23. The Labute approximate surface area is 125 Å². The van der Waals surface area contributed by atoms with E-state index in [1.54, 1.807) is 18.5 Å². The summed E-state index contributed by atoms with van der Waals surface area (Å²) in [5.74, 6) is 0.590. The highest BCUT2D eigenvalue weighted by atomic mass is 19.4. The van der Waals surface area contributed by atoms with E-state index in [2.05, 4.69) is 15.1 Å². The number of benzene rings is 1. The molecule has 0 aliphatic carbocycles. The number of hydrogen-bond donors (Lipinski definition) is 1. The Morgan fingerprint density at radius 1 is 1.23 bits per heavy atom. The fraction of sp³-hybridized carbons (Fsp3) is 0.200. The number of H-pyrrole nitrogens is 1. The molecule has 2 aromatic rings. The first-order valence-electron chi connectivity index (χ1n) is 6.72. The van der Waals surface area contributed by atoms with Gasteiger partial charge in [-0.05, 0) is 30.3 Å². The Hall–Kier alpha value is -2.57. The van der Waals surface area contributed by atoms with Crippen LogP contribution in [0.15, 0.2) is 52.7 Å². The molecule has 0 unspecified atom stereocenters. The highest BCUT2D eigenvalue weighted by molar-refractivity contribution is 5.95. The third-order valence-corrected chi connectivity index (χ3v) is 3.23. The van der Waals surface area contributed by atoms with Crippen LogP contribution < -0.4 is 5.01 Å². The smallest absolute Gasteiger partial charge is 0.360 e. The number of rotatable bonds is 2. The number of halogens is 3. The summed E-state index contributed by atoms with van der Waals surface area (Å²) >= 11 is 0. The zero-order valence-corrected chi connectivity index (χ0v) is 11.5. The second-order valence-electron chi connectivity index (χ2n) is 4.82. The largest absolute Gasteiger partial charge is 0.416 e. The molecule has 22 heavy (non-hydrogen) atoms. The van der Waals surface area contributed by atoms with E-state index in [9.17, 15) is 13.2 Å². The molecule has 114 valence electrons. The van der Waals surface area contributed by atoms with Gasteiger partial charge in [-0.15, -0.1) is 0 Å². The lowest BCUT2D eigenvalue weighted by atomic mass is 10.2. The lowest BCUT2D eigenvalue weighted by molar-refractivity contribution is -0.137. The summed E-state index contributed by atoms with van der Waals surface area (Å²) in [6.45, 7) is 0.513. The lowest BCUT2D eigenvalue weighted by Gasteiger charge is -2.15. The summed E-state index contributed by atoms with van der Waals surface area (Å²) < 4.78 is 38.2. The van der Waals surface area contributed by atoms with E-state index in [1.807, 2.05) is 12.1 Å². The van der Waals surface area contributed by atoms with Crippen LogP contribution in [0.2, 0.25) is 0 Å². The summed E-state index contributed by atoms with van der Waals surface area (Å²) in [7, 11) is 0. The third kappa shape index (κ3) is 3.19. The molecule has 0 atom stereocenters. The number of aromatic nitrogens is 1. The Kier molecular flexibility index (Phi) is 3.70. The summed E-state index contributed by atoms with van der Waals surface area (Å²) in [6, 6.07) is 8.86. The molecular formula is C15H13F3N4. The first-order valence-corrected chi connectivity index (χ1v) is 6.72. The number of nitrogens with zero attached hydrogens (tertiary/aromatic N) is 3. The van der Waals surface area contributed by atoms with Crippen molar-refractivity contribution in [1.29, 1.82) is 0 Å². The van der Waals surface area contributed by atoms with E-state index in [4.69, 9.17) is 0 Å². The normalized spacial score (nSPS) is 15.6. The molecule has 1 aliphatic rings. The van der Waals surface area contributed by atoms with Crippen molar-refractivity contribution in [3.63, 3.8) is 0 Å². The molecule has 0 radical (unpaired) electrons. The fourth-order valence-corrected chi connectivity index (χ4v) is 2.13. The van der Waals surface area contributed by atoms with Crippen molar-refractivity contribution < 1.29 is 13.2 Å². The quantitative estimate of drug-likeness (QED) is 0.845. The lowest BCUT2D eigenvalue weighted by Crippen LogP contribution is -2.13. The van der Waals surface area contributed by atoms with E-state index in [-0.39, 0.29) is 0 Å². The number of aliphatic imine (C=N–C) groups is 1. The summed E-state index contributed by atoms with van der Waals surface area (Å²) in [5, 5.41) is 5.79. The molecule has 3 rings (SSSR count). The van der Waals surface area contributed by atoms with Crippen LogP contribution in [0.25, 0.3) is 0 Å². The summed E-state index contributed by atoms with van der Waals surface area (Å²) in [6.07, 6.45) is -0.331. The van der Waals surface area contributed by atoms with Gasteiger partial charge in [0.15, 0.2) is 5.84 Å². The minimum absolute atomic E-state index is 0.417. The van der Waals surface area contributed by atoms with E-state index < -0.39 is 11.7 Å². The van der Waals surface area contributed by atoms with Crippen molar-refractivity contribution in [2.24, 2.45) is 10.1 Å². The zero-order valence-electron chi connectivity index (χ0n) is 11.5. The number of amidine groups is 1. The molecule has 1 aromatic carbocycles. The average molecular weight is 306 g/mol. The number of alkyl halides is 3. The second kappa shape index (κ2) is 5.67. The molecule has 0 saturated carbocycles. The molecule has 1 aromatic heterocycles. The molecule has 0 amide bonds. The van der Waals surface area contributed by atoms with Crippen molar-refractivity contribution in [1.82, 2.24) is 4.98 Å². The monoisotopic (exact) mass is 306 g/mol. The maximum absolute atomic E-state index is 12.7. The molecule has 1 aliphatic heterocycles. The first-order chi connectivity index (χ1) is 10.5. The molecule has 2 heterocycles. The minimum Gasteiger partial charge on any atom is -0.360 e. The van der Waals surface area contributed by atoms with Crippen LogP contribution in [-0.2, 0) is 6.18 Å². The van der Waals surface area contributed by atoms with Crippen LogP contribution in [0, 0.1) is 0 Å². The van der Waals surface area contributed by atoms with Gasteiger partial charge in [-0.1, -0.05) is 6.07 Å². The van der Waals surface area contributed by atoms with Crippen LogP contribution >= 0.6 is 0 Å². The van der Waals surface area contributed by atoms with Crippen LogP contribution in [0.5, 0.6) is 0 Å². The molecule has 0 spiro atoms. The molecular weight excluding hydrogens is 293 g/mol. The minimum atomic E-state index is -4.35. The van der Waals surface area contributed by atoms with Crippen LogP contribution in [-0.4, -0.2) is 23.6 Å². The van der Waals surface area contributed by atoms with E-state index in [0.29, 0.717) is 24.5 Å². The Morgan fingerprint density at radius 2 is 2.09 bits per heavy atom. The van der Waals surface area contributed by atoms with Gasteiger partial charge < -0.3 is 4.98 Å². The molecule has 0 bridgehead atoms. The van der Waals surface area contributed by atoms with Crippen LogP contribution in [0.1, 0.15) is 17.7 Å². The highest BCUT2D eigenvalue weighted by Crippen LogP contribution is 2.32. The van der Waals surface area contributed by atoms with Crippen molar-refractivity contribution in [3.05, 3.63) is 53.9 Å². The Bertz CT molecular complexity index is 702. The maximum atomic E-state index is 12.7. The number of anilines is 1. The molecule has 7 heteroatoms. The maximum Gasteiger partial charge on any atom is 0.416 e. The van der Waals surface area contributed by atoms with Crippen LogP contribution in [0.3, 0.4) is 0 Å². The van der Waals surface area contributed by atoms with Crippen LogP contribution in [0.4, 0.5) is 18.9 Å². The van der Waals surface area contributed by atoms with Gasteiger partial charge in [0.25, 0.3) is 0 Å². The van der Waals surface area contributed by atoms with Crippen molar-refractivity contribution >= 4 is 17.7 Å². The number of hydrogen-bond acceptors (Lipinski definition) is 3. The van der Waals surface area contributed by atoms with Gasteiger partial charge in [0, 0.05) is 19.2 Å². The van der Waals surface area contributed by atoms with E-state index in [0.717, 1.165) is 17.8 Å². The number of hydrazone groups is 1. The van der Waals surface area contributed by atoms with Crippen molar-refractivity contribution in [3.8, 4) is 0 Å². The number of nitrogens with one attached hydrogen (secondary N) is 1. The van der Waals surface area contributed by atoms with Gasteiger partial charge in [0.05, 0.1) is 23.2 Å². The Morgan fingerprint density at radius 3 is 2.82 bits per heavy atom. The standard InChI is InChI=1S/C15H13F3N4/c16-15(17,18)11-3-1-5-13(9-11)22-8-6-14(21-22)20-10-12-4-2-7-19-12/h1-5,7,9-10,19H,6,8H2/b20-10+.